The van der Waals surface area contributed by atoms with E-state index in [2.05, 4.69) is 10.3 Å². The van der Waals surface area contributed by atoms with E-state index in [9.17, 15) is 14.7 Å². The fourth-order valence-corrected chi connectivity index (χ4v) is 3.36. The highest BCUT2D eigenvalue weighted by molar-refractivity contribution is 5.92. The van der Waals surface area contributed by atoms with Gasteiger partial charge in [-0.2, -0.15) is 0 Å². The van der Waals surface area contributed by atoms with Crippen LogP contribution in [-0.2, 0) is 9.53 Å². The maximum Gasteiger partial charge on any atom is 0.313 e. The first-order valence-electron chi connectivity index (χ1n) is 8.46. The lowest BCUT2D eigenvalue weighted by atomic mass is 9.80. The van der Waals surface area contributed by atoms with Gasteiger partial charge < -0.3 is 14.7 Å². The molecule has 2 heterocycles. The number of aryl methyl sites for hydroxylation is 1. The summed E-state index contributed by atoms with van der Waals surface area (Å²) in [6.45, 7) is 2.64. The van der Waals surface area contributed by atoms with E-state index in [1.54, 1.807) is 10.9 Å². The van der Waals surface area contributed by atoms with Crippen LogP contribution in [0.25, 0.3) is 5.69 Å². The number of piperidine rings is 1. The summed E-state index contributed by atoms with van der Waals surface area (Å²) in [4.78, 5) is 26.1. The van der Waals surface area contributed by atoms with Crippen LogP contribution in [-0.4, -0.2) is 63.7 Å². The maximum absolute atomic E-state index is 12.8. The van der Waals surface area contributed by atoms with Crippen LogP contribution in [0, 0.1) is 12.3 Å². The molecule has 1 aromatic carbocycles. The van der Waals surface area contributed by atoms with Gasteiger partial charge in [0.2, 0.25) is 0 Å². The molecular formula is C18H22N4O4. The van der Waals surface area contributed by atoms with Crippen molar-refractivity contribution in [1.29, 1.82) is 0 Å². The Kier molecular flexibility index (Phi) is 5.03. The van der Waals surface area contributed by atoms with Crippen molar-refractivity contribution in [3.05, 3.63) is 41.7 Å². The van der Waals surface area contributed by atoms with Gasteiger partial charge in [0.15, 0.2) is 5.69 Å². The Labute approximate surface area is 151 Å². The molecule has 1 aliphatic rings. The molecule has 1 aromatic heterocycles. The number of benzene rings is 1. The molecule has 1 saturated heterocycles. The van der Waals surface area contributed by atoms with Gasteiger partial charge in [-0.3, -0.25) is 9.59 Å². The highest BCUT2D eigenvalue weighted by atomic mass is 16.5. The second-order valence-corrected chi connectivity index (χ2v) is 6.74. The zero-order chi connectivity index (χ0) is 18.7. The molecule has 1 amide bonds. The Hall–Kier alpha value is -2.74. The minimum absolute atomic E-state index is 0.0715. The first-order chi connectivity index (χ1) is 12.4. The van der Waals surface area contributed by atoms with Crippen LogP contribution in [0.15, 0.2) is 30.5 Å². The Bertz CT molecular complexity index is 815. The number of aliphatic carboxylic acids is 1. The number of carboxylic acid groups (broad SMARTS) is 1. The Morgan fingerprint density at radius 3 is 2.88 bits per heavy atom. The van der Waals surface area contributed by atoms with Crippen molar-refractivity contribution >= 4 is 11.9 Å². The number of amides is 1. The van der Waals surface area contributed by atoms with E-state index >= 15 is 0 Å². The SMILES string of the molecule is COCC1(C(=O)O)CCCN(C(=O)c2cn(-c3cccc(C)c3)nn2)C1. The maximum atomic E-state index is 12.8. The number of hydrogen-bond acceptors (Lipinski definition) is 5. The van der Waals surface area contributed by atoms with Gasteiger partial charge >= 0.3 is 5.97 Å². The molecule has 26 heavy (non-hydrogen) atoms. The summed E-state index contributed by atoms with van der Waals surface area (Å²) in [7, 11) is 1.47. The van der Waals surface area contributed by atoms with Crippen LogP contribution < -0.4 is 0 Å². The number of aromatic nitrogens is 3. The Morgan fingerprint density at radius 2 is 2.19 bits per heavy atom. The minimum Gasteiger partial charge on any atom is -0.481 e. The van der Waals surface area contributed by atoms with E-state index in [4.69, 9.17) is 4.74 Å². The number of nitrogens with zero attached hydrogens (tertiary/aromatic N) is 4. The predicted octanol–water partition coefficient (Wildman–Crippen LogP) is 1.53. The van der Waals surface area contributed by atoms with Gasteiger partial charge in [0.05, 0.1) is 18.5 Å². The second-order valence-electron chi connectivity index (χ2n) is 6.74. The largest absolute Gasteiger partial charge is 0.481 e. The van der Waals surface area contributed by atoms with E-state index < -0.39 is 11.4 Å². The van der Waals surface area contributed by atoms with Crippen molar-refractivity contribution in [2.75, 3.05) is 26.8 Å². The molecule has 0 aliphatic carbocycles. The smallest absolute Gasteiger partial charge is 0.313 e. The topological polar surface area (TPSA) is 97.6 Å². The highest BCUT2D eigenvalue weighted by Crippen LogP contribution is 2.31. The van der Waals surface area contributed by atoms with Crippen LogP contribution in [0.1, 0.15) is 28.9 Å². The molecule has 1 aliphatic heterocycles. The number of carbonyl (C=O) groups excluding carboxylic acids is 1. The van der Waals surface area contributed by atoms with E-state index in [1.807, 2.05) is 31.2 Å². The molecule has 0 spiro atoms. The number of hydrogen-bond donors (Lipinski definition) is 1. The molecule has 1 N–H and O–H groups in total. The second kappa shape index (κ2) is 7.25. The lowest BCUT2D eigenvalue weighted by Crippen LogP contribution is -2.52. The summed E-state index contributed by atoms with van der Waals surface area (Å²) in [6, 6.07) is 7.70. The van der Waals surface area contributed by atoms with E-state index in [1.165, 1.54) is 12.0 Å². The van der Waals surface area contributed by atoms with Crippen molar-refractivity contribution in [2.24, 2.45) is 5.41 Å². The number of ether oxygens (including phenoxy) is 1. The Balaban J connectivity index is 1.80. The molecule has 1 fully saturated rings. The van der Waals surface area contributed by atoms with Crippen molar-refractivity contribution < 1.29 is 19.4 Å². The summed E-state index contributed by atoms with van der Waals surface area (Å²) in [5.74, 6) is -1.26. The first-order valence-corrected chi connectivity index (χ1v) is 8.46. The third-order valence-corrected chi connectivity index (χ3v) is 4.72. The molecule has 8 nitrogen and oxygen atoms in total. The zero-order valence-electron chi connectivity index (χ0n) is 14.9. The van der Waals surface area contributed by atoms with Crippen LogP contribution in [0.2, 0.25) is 0 Å². The summed E-state index contributed by atoms with van der Waals surface area (Å²) < 4.78 is 6.65. The van der Waals surface area contributed by atoms with Gasteiger partial charge in [-0.25, -0.2) is 4.68 Å². The monoisotopic (exact) mass is 358 g/mol. The van der Waals surface area contributed by atoms with E-state index in [0.29, 0.717) is 19.4 Å². The minimum atomic E-state index is -1.07. The average molecular weight is 358 g/mol. The summed E-state index contributed by atoms with van der Waals surface area (Å²) in [5.41, 5.74) is 1.02. The highest BCUT2D eigenvalue weighted by Gasteiger charge is 2.44. The number of likely N-dealkylation sites (tertiary alicyclic amines) is 1. The van der Waals surface area contributed by atoms with Gasteiger partial charge in [0.1, 0.15) is 5.41 Å². The summed E-state index contributed by atoms with van der Waals surface area (Å²) >= 11 is 0. The molecule has 2 aromatic rings. The van der Waals surface area contributed by atoms with Crippen LogP contribution in [0.3, 0.4) is 0 Å². The van der Waals surface area contributed by atoms with E-state index in [-0.39, 0.29) is 24.8 Å². The summed E-state index contributed by atoms with van der Waals surface area (Å²) in [6.07, 6.45) is 2.66. The molecule has 3 rings (SSSR count). The fraction of sp³-hybridized carbons (Fsp3) is 0.444. The third-order valence-electron chi connectivity index (χ3n) is 4.72. The van der Waals surface area contributed by atoms with Crippen molar-refractivity contribution in [2.45, 2.75) is 19.8 Å². The molecule has 0 saturated carbocycles. The molecule has 138 valence electrons. The quantitative estimate of drug-likeness (QED) is 0.870. The molecule has 1 atom stereocenters. The molecular weight excluding hydrogens is 336 g/mol. The third kappa shape index (κ3) is 3.45. The summed E-state index contributed by atoms with van der Waals surface area (Å²) in [5, 5.41) is 17.6. The van der Waals surface area contributed by atoms with Crippen LogP contribution in [0.4, 0.5) is 0 Å². The van der Waals surface area contributed by atoms with Crippen molar-refractivity contribution in [3.8, 4) is 5.69 Å². The molecule has 0 bridgehead atoms. The number of carboxylic acids is 1. The van der Waals surface area contributed by atoms with Gasteiger partial charge in [-0.1, -0.05) is 17.3 Å². The lowest BCUT2D eigenvalue weighted by Gasteiger charge is -2.39. The lowest BCUT2D eigenvalue weighted by molar-refractivity contribution is -0.155. The van der Waals surface area contributed by atoms with Crippen LogP contribution in [0.5, 0.6) is 0 Å². The fourth-order valence-electron chi connectivity index (χ4n) is 3.36. The molecule has 8 heteroatoms. The number of carbonyl (C=O) groups is 2. The van der Waals surface area contributed by atoms with Gasteiger partial charge in [-0.05, 0) is 37.5 Å². The van der Waals surface area contributed by atoms with E-state index in [0.717, 1.165) is 11.3 Å². The number of methoxy groups -OCH3 is 1. The predicted molar refractivity (Wildman–Crippen MR) is 93.2 cm³/mol. The van der Waals surface area contributed by atoms with Gasteiger partial charge in [0, 0.05) is 20.2 Å². The standard InChI is InChI=1S/C18H22N4O4/c1-13-5-3-6-14(9-13)22-10-15(19-20-22)16(23)21-8-4-7-18(11-21,12-26-2)17(24)25/h3,5-6,9-10H,4,7-8,11-12H2,1-2H3,(H,24,25). The van der Waals surface area contributed by atoms with Gasteiger partial charge in [0.25, 0.3) is 5.91 Å². The Morgan fingerprint density at radius 1 is 1.38 bits per heavy atom. The first kappa shape index (κ1) is 18.1. The molecule has 1 unspecified atom stereocenters. The number of rotatable bonds is 5. The van der Waals surface area contributed by atoms with Gasteiger partial charge in [-0.15, -0.1) is 5.10 Å². The van der Waals surface area contributed by atoms with Crippen molar-refractivity contribution in [3.63, 3.8) is 0 Å². The normalized spacial score (nSPS) is 20.2. The van der Waals surface area contributed by atoms with Crippen molar-refractivity contribution in [1.82, 2.24) is 19.9 Å². The molecule has 0 radical (unpaired) electrons. The zero-order valence-corrected chi connectivity index (χ0v) is 14.9. The average Bonchev–Trinajstić information content (AvgIpc) is 3.11. The van der Waals surface area contributed by atoms with Crippen LogP contribution >= 0.6 is 0 Å².